The van der Waals surface area contributed by atoms with Crippen molar-refractivity contribution >= 4 is 42.7 Å². The SMILES string of the molecule is CCc1ccc(OC)c(S(=O)(=O)Nc2noc3c(Br)cccc23)c1. The van der Waals surface area contributed by atoms with Crippen molar-refractivity contribution in [1.29, 1.82) is 0 Å². The number of anilines is 1. The van der Waals surface area contributed by atoms with Crippen molar-refractivity contribution in [3.8, 4) is 5.75 Å². The molecule has 3 aromatic rings. The first kappa shape index (κ1) is 16.8. The summed E-state index contributed by atoms with van der Waals surface area (Å²) in [5, 5.41) is 4.40. The number of rotatable bonds is 5. The molecule has 0 aliphatic rings. The van der Waals surface area contributed by atoms with Gasteiger partial charge in [0.25, 0.3) is 10.0 Å². The van der Waals surface area contributed by atoms with Crippen LogP contribution in [0, 0.1) is 0 Å². The van der Waals surface area contributed by atoms with Crippen molar-refractivity contribution < 1.29 is 17.7 Å². The molecule has 0 atom stereocenters. The van der Waals surface area contributed by atoms with Crippen LogP contribution in [-0.4, -0.2) is 20.7 Å². The minimum atomic E-state index is -3.88. The maximum atomic E-state index is 12.8. The second kappa shape index (κ2) is 6.45. The lowest BCUT2D eigenvalue weighted by atomic mass is 10.2. The smallest absolute Gasteiger partial charge is 0.266 e. The third-order valence-corrected chi connectivity index (χ3v) is 5.59. The number of para-hydroxylation sites is 1. The van der Waals surface area contributed by atoms with Crippen LogP contribution in [0.25, 0.3) is 11.0 Å². The lowest BCUT2D eigenvalue weighted by Crippen LogP contribution is -2.15. The Kier molecular flexibility index (Phi) is 4.51. The van der Waals surface area contributed by atoms with Gasteiger partial charge in [-0.05, 0) is 52.2 Å². The molecule has 1 aromatic heterocycles. The fourth-order valence-corrected chi connectivity index (χ4v) is 4.01. The Balaban J connectivity index is 2.07. The van der Waals surface area contributed by atoms with Gasteiger partial charge in [-0.25, -0.2) is 8.42 Å². The first-order valence-corrected chi connectivity index (χ1v) is 9.47. The van der Waals surface area contributed by atoms with Crippen molar-refractivity contribution in [3.63, 3.8) is 0 Å². The van der Waals surface area contributed by atoms with E-state index in [1.54, 1.807) is 30.3 Å². The summed E-state index contributed by atoms with van der Waals surface area (Å²) >= 11 is 3.35. The van der Waals surface area contributed by atoms with Crippen LogP contribution in [0.5, 0.6) is 5.75 Å². The summed E-state index contributed by atoms with van der Waals surface area (Å²) in [4.78, 5) is 0.0653. The second-order valence-electron chi connectivity index (χ2n) is 5.09. The van der Waals surface area contributed by atoms with E-state index >= 15 is 0 Å². The molecule has 0 fully saturated rings. The fourth-order valence-electron chi connectivity index (χ4n) is 2.34. The van der Waals surface area contributed by atoms with Crippen LogP contribution in [0.4, 0.5) is 5.82 Å². The highest BCUT2D eigenvalue weighted by Crippen LogP contribution is 2.32. The highest BCUT2D eigenvalue weighted by Gasteiger charge is 2.23. The predicted molar refractivity (Wildman–Crippen MR) is 94.9 cm³/mol. The predicted octanol–water partition coefficient (Wildman–Crippen LogP) is 3.96. The van der Waals surface area contributed by atoms with Gasteiger partial charge in [-0.3, -0.25) is 4.72 Å². The number of sulfonamides is 1. The monoisotopic (exact) mass is 410 g/mol. The van der Waals surface area contributed by atoms with Gasteiger partial charge in [0.15, 0.2) is 11.4 Å². The molecule has 6 nitrogen and oxygen atoms in total. The lowest BCUT2D eigenvalue weighted by molar-refractivity contribution is 0.402. The molecule has 0 saturated carbocycles. The number of halogens is 1. The van der Waals surface area contributed by atoms with Crippen LogP contribution < -0.4 is 9.46 Å². The number of aromatic nitrogens is 1. The van der Waals surface area contributed by atoms with Gasteiger partial charge in [-0.15, -0.1) is 0 Å². The van der Waals surface area contributed by atoms with E-state index < -0.39 is 10.0 Å². The van der Waals surface area contributed by atoms with Gasteiger partial charge in [-0.1, -0.05) is 24.2 Å². The van der Waals surface area contributed by atoms with E-state index in [9.17, 15) is 8.42 Å². The van der Waals surface area contributed by atoms with Crippen molar-refractivity contribution in [2.24, 2.45) is 0 Å². The normalized spacial score (nSPS) is 11.6. The van der Waals surface area contributed by atoms with Crippen LogP contribution in [-0.2, 0) is 16.4 Å². The summed E-state index contributed by atoms with van der Waals surface area (Å²) in [6.07, 6.45) is 0.715. The molecule has 2 aromatic carbocycles. The molecular formula is C16H15BrN2O4S. The molecule has 0 radical (unpaired) electrons. The summed E-state index contributed by atoms with van der Waals surface area (Å²) in [5.41, 5.74) is 1.37. The Morgan fingerprint density at radius 3 is 2.79 bits per heavy atom. The highest BCUT2D eigenvalue weighted by atomic mass is 79.9. The van der Waals surface area contributed by atoms with Gasteiger partial charge in [0, 0.05) is 0 Å². The van der Waals surface area contributed by atoms with Crippen LogP contribution in [0.2, 0.25) is 0 Å². The van der Waals surface area contributed by atoms with E-state index in [1.807, 2.05) is 13.0 Å². The minimum absolute atomic E-state index is 0.0653. The first-order chi connectivity index (χ1) is 11.5. The Morgan fingerprint density at radius 2 is 2.08 bits per heavy atom. The Labute approximate surface area is 148 Å². The minimum Gasteiger partial charge on any atom is -0.495 e. The number of aryl methyl sites for hydroxylation is 1. The molecule has 0 aliphatic heterocycles. The molecule has 8 heteroatoms. The van der Waals surface area contributed by atoms with Crippen molar-refractivity contribution in [2.45, 2.75) is 18.2 Å². The van der Waals surface area contributed by atoms with E-state index in [0.717, 1.165) is 5.56 Å². The summed E-state index contributed by atoms with van der Waals surface area (Å²) in [7, 11) is -2.44. The zero-order valence-electron chi connectivity index (χ0n) is 13.0. The highest BCUT2D eigenvalue weighted by molar-refractivity contribution is 9.10. The molecule has 1 N–H and O–H groups in total. The largest absolute Gasteiger partial charge is 0.495 e. The second-order valence-corrected chi connectivity index (χ2v) is 7.60. The van der Waals surface area contributed by atoms with Gasteiger partial charge in [0.05, 0.1) is 17.0 Å². The van der Waals surface area contributed by atoms with E-state index in [0.29, 0.717) is 21.9 Å². The fraction of sp³-hybridized carbons (Fsp3) is 0.188. The number of benzene rings is 2. The molecule has 24 heavy (non-hydrogen) atoms. The molecule has 0 amide bonds. The van der Waals surface area contributed by atoms with Gasteiger partial charge in [0.1, 0.15) is 10.6 Å². The standard InChI is InChI=1S/C16H15BrN2O4S/c1-3-10-7-8-13(22-2)14(9-10)24(20,21)19-16-11-5-4-6-12(17)15(11)23-18-16/h4-9H,3H2,1-2H3,(H,18,19). The quantitative estimate of drug-likeness (QED) is 0.687. The Morgan fingerprint density at radius 1 is 1.29 bits per heavy atom. The number of fused-ring (bicyclic) bond motifs is 1. The number of methoxy groups -OCH3 is 1. The topological polar surface area (TPSA) is 81.4 Å². The van der Waals surface area contributed by atoms with Gasteiger partial charge in [0.2, 0.25) is 0 Å². The summed E-state index contributed by atoms with van der Waals surface area (Å²) in [5.74, 6) is 0.406. The molecule has 0 bridgehead atoms. The van der Waals surface area contributed by atoms with Crippen LogP contribution in [0.1, 0.15) is 12.5 Å². The lowest BCUT2D eigenvalue weighted by Gasteiger charge is -2.11. The van der Waals surface area contributed by atoms with Gasteiger partial charge >= 0.3 is 0 Å². The van der Waals surface area contributed by atoms with Crippen molar-refractivity contribution in [2.75, 3.05) is 11.8 Å². The van der Waals surface area contributed by atoms with Crippen LogP contribution >= 0.6 is 15.9 Å². The first-order valence-electron chi connectivity index (χ1n) is 7.20. The molecule has 0 unspecified atom stereocenters. The van der Waals surface area contributed by atoms with E-state index in [1.165, 1.54) is 7.11 Å². The zero-order valence-corrected chi connectivity index (χ0v) is 15.4. The van der Waals surface area contributed by atoms with E-state index in [-0.39, 0.29) is 16.5 Å². The zero-order chi connectivity index (χ0) is 17.3. The van der Waals surface area contributed by atoms with E-state index in [2.05, 4.69) is 25.8 Å². The average Bonchev–Trinajstić information content (AvgIpc) is 2.98. The Hall–Kier alpha value is -2.06. The third kappa shape index (κ3) is 2.99. The average molecular weight is 411 g/mol. The molecule has 126 valence electrons. The van der Waals surface area contributed by atoms with Crippen LogP contribution in [0.3, 0.4) is 0 Å². The number of nitrogens with one attached hydrogen (secondary N) is 1. The van der Waals surface area contributed by atoms with Crippen LogP contribution in [0.15, 0.2) is 50.3 Å². The third-order valence-electron chi connectivity index (χ3n) is 3.61. The summed E-state index contributed by atoms with van der Waals surface area (Å²) < 4.78 is 39.2. The molecule has 1 heterocycles. The maximum Gasteiger partial charge on any atom is 0.266 e. The van der Waals surface area contributed by atoms with Crippen molar-refractivity contribution in [1.82, 2.24) is 5.16 Å². The molecule has 0 spiro atoms. The molecular weight excluding hydrogens is 396 g/mol. The number of ether oxygens (including phenoxy) is 1. The maximum absolute atomic E-state index is 12.8. The Bertz CT molecular complexity index is 998. The van der Waals surface area contributed by atoms with Gasteiger partial charge < -0.3 is 9.26 Å². The number of hydrogen-bond acceptors (Lipinski definition) is 5. The molecule has 0 saturated heterocycles. The number of hydrogen-bond donors (Lipinski definition) is 1. The van der Waals surface area contributed by atoms with Crippen molar-refractivity contribution in [3.05, 3.63) is 46.4 Å². The summed E-state index contributed by atoms with van der Waals surface area (Å²) in [6.45, 7) is 1.95. The molecule has 3 rings (SSSR count). The van der Waals surface area contributed by atoms with E-state index in [4.69, 9.17) is 9.26 Å². The number of nitrogens with zero attached hydrogens (tertiary/aromatic N) is 1. The molecule has 0 aliphatic carbocycles. The van der Waals surface area contributed by atoms with Gasteiger partial charge in [-0.2, -0.15) is 0 Å². The summed E-state index contributed by atoms with van der Waals surface area (Å²) in [6, 6.07) is 10.4.